The second kappa shape index (κ2) is 10.3. The summed E-state index contributed by atoms with van der Waals surface area (Å²) in [6.45, 7) is 1.40. The molecule has 1 amide bonds. The maximum absolute atomic E-state index is 12.7. The zero-order chi connectivity index (χ0) is 26.0. The Balaban J connectivity index is 1.77. The Hall–Kier alpha value is -3.63. The molecule has 2 aromatic heterocycles. The first-order chi connectivity index (χ1) is 16.4. The van der Waals surface area contributed by atoms with Crippen LogP contribution >= 0.6 is 0 Å². The van der Waals surface area contributed by atoms with Crippen LogP contribution in [0.4, 0.5) is 0 Å². The molecule has 15 heteroatoms. The minimum Gasteiger partial charge on any atom is -0.480 e. The minimum absolute atomic E-state index is 0.0925. The van der Waals surface area contributed by atoms with Crippen LogP contribution in [0.1, 0.15) is 24.9 Å². The number of H-pyrrole nitrogens is 2. The van der Waals surface area contributed by atoms with Crippen LogP contribution in [0.25, 0.3) is 0 Å². The van der Waals surface area contributed by atoms with Crippen molar-refractivity contribution in [2.24, 2.45) is 11.7 Å². The molecule has 3 rings (SSSR count). The molecule has 15 nitrogen and oxygen atoms in total. The number of ether oxygens (including phenoxy) is 1. The number of carbonyl (C=O) groups excluding carboxylic acids is 1. The van der Waals surface area contributed by atoms with Crippen LogP contribution in [0.5, 0.6) is 0 Å². The number of aromatic amines is 2. The van der Waals surface area contributed by atoms with Gasteiger partial charge in [-0.25, -0.2) is 9.59 Å². The van der Waals surface area contributed by atoms with Gasteiger partial charge in [-0.1, -0.05) is 13.0 Å². The van der Waals surface area contributed by atoms with Crippen molar-refractivity contribution >= 4 is 11.9 Å². The minimum atomic E-state index is -1.91. The number of hydrogen-bond acceptors (Lipinski definition) is 10. The van der Waals surface area contributed by atoms with Crippen molar-refractivity contribution in [1.82, 2.24) is 19.9 Å². The van der Waals surface area contributed by atoms with Gasteiger partial charge in [-0.15, -0.1) is 0 Å². The Labute approximate surface area is 195 Å². The number of carbonyl (C=O) groups is 2. The Bertz CT molecular complexity index is 1260. The fourth-order valence-corrected chi connectivity index (χ4v) is 3.71. The van der Waals surface area contributed by atoms with Crippen LogP contribution in [0.3, 0.4) is 0 Å². The maximum atomic E-state index is 12.7. The summed E-state index contributed by atoms with van der Waals surface area (Å²) in [7, 11) is 0. The molecule has 1 aliphatic rings. The highest BCUT2D eigenvalue weighted by Crippen LogP contribution is 2.30. The molecule has 0 saturated carbocycles. The summed E-state index contributed by atoms with van der Waals surface area (Å²) in [4.78, 5) is 63.7. The summed E-state index contributed by atoms with van der Waals surface area (Å²) < 4.78 is 6.15. The van der Waals surface area contributed by atoms with E-state index in [2.05, 4.69) is 10.3 Å². The maximum Gasteiger partial charge on any atom is 0.330 e. The van der Waals surface area contributed by atoms with Gasteiger partial charge >= 0.3 is 11.7 Å². The molecule has 8 atom stereocenters. The monoisotopic (exact) mass is 495 g/mol. The van der Waals surface area contributed by atoms with Gasteiger partial charge in [0, 0.05) is 29.9 Å². The first kappa shape index (κ1) is 26.0. The largest absolute Gasteiger partial charge is 0.480 e. The van der Waals surface area contributed by atoms with E-state index in [1.54, 1.807) is 0 Å². The van der Waals surface area contributed by atoms with E-state index >= 15 is 0 Å². The fourth-order valence-electron chi connectivity index (χ4n) is 3.71. The molecular weight excluding hydrogens is 470 g/mol. The van der Waals surface area contributed by atoms with Crippen LogP contribution in [0.2, 0.25) is 0 Å². The van der Waals surface area contributed by atoms with Crippen molar-refractivity contribution in [3.8, 4) is 0 Å². The first-order valence-corrected chi connectivity index (χ1v) is 10.4. The second-order valence-corrected chi connectivity index (χ2v) is 8.11. The van der Waals surface area contributed by atoms with Gasteiger partial charge in [0.2, 0.25) is 11.5 Å². The van der Waals surface area contributed by atoms with Gasteiger partial charge in [-0.05, 0) is 6.07 Å². The lowest BCUT2D eigenvalue weighted by Crippen LogP contribution is -2.57. The lowest BCUT2D eigenvalue weighted by Gasteiger charge is -2.28. The summed E-state index contributed by atoms with van der Waals surface area (Å²) in [5, 5.41) is 43.0. The van der Waals surface area contributed by atoms with Crippen molar-refractivity contribution in [3.63, 3.8) is 0 Å². The molecule has 4 unspecified atom stereocenters. The topological polar surface area (TPSA) is 250 Å². The number of aromatic nitrogens is 3. The average molecular weight is 495 g/mol. The predicted molar refractivity (Wildman–Crippen MR) is 116 cm³/mol. The number of carboxylic acid groups (broad SMARTS) is 1. The summed E-state index contributed by atoms with van der Waals surface area (Å²) in [5.41, 5.74) is 3.81. The van der Waals surface area contributed by atoms with Gasteiger partial charge in [0.15, 0.2) is 12.3 Å². The van der Waals surface area contributed by atoms with Gasteiger partial charge in [-0.3, -0.25) is 23.9 Å². The third-order valence-corrected chi connectivity index (χ3v) is 5.77. The molecular formula is C20H25N5O10. The Kier molecular flexibility index (Phi) is 7.67. The normalized spacial score (nSPS) is 25.4. The van der Waals surface area contributed by atoms with Gasteiger partial charge in [0.05, 0.1) is 12.1 Å². The number of aliphatic hydroxyl groups excluding tert-OH is 3. The molecule has 0 aliphatic carbocycles. The number of nitrogens with zero attached hydrogens (tertiary/aromatic N) is 1. The van der Waals surface area contributed by atoms with Crippen molar-refractivity contribution in [2.45, 2.75) is 49.7 Å². The SMILES string of the molecule is C[C@@H]([C@H](N)C(=O)N[C@H](C(=O)O)C1OC(n2ccc(=O)[nH]c2=O)C(O)C1O)[C@H](O)c1cccc(=O)[nH]1. The van der Waals surface area contributed by atoms with Crippen molar-refractivity contribution in [2.75, 3.05) is 0 Å². The number of aliphatic carboxylic acids is 1. The van der Waals surface area contributed by atoms with E-state index in [1.807, 2.05) is 4.98 Å². The smallest absolute Gasteiger partial charge is 0.330 e. The van der Waals surface area contributed by atoms with Crippen molar-refractivity contribution in [3.05, 3.63) is 67.3 Å². The number of nitrogens with two attached hydrogens (primary N) is 1. The standard InChI is InChI=1S/C20H25N5O10/c1-7(13(28)8-3-2-4-9(26)22-8)11(21)17(31)24-12(19(32)33)16-14(29)15(30)18(35-16)25-6-5-10(27)23-20(25)34/h2-7,11-16,18,28-30H,21H2,1H3,(H,22,26)(H,24,31)(H,32,33)(H,23,27,34)/t7-,11-,12-,13-,14?,15?,16?,18?/m0/s1. The quantitative estimate of drug-likeness (QED) is 0.176. The number of amides is 1. The number of carboxylic acids is 1. The molecule has 1 saturated heterocycles. The molecule has 0 aromatic carbocycles. The molecule has 1 fully saturated rings. The molecule has 0 bridgehead atoms. The van der Waals surface area contributed by atoms with Crippen LogP contribution in [0, 0.1) is 5.92 Å². The predicted octanol–water partition coefficient (Wildman–Crippen LogP) is -3.89. The summed E-state index contributed by atoms with van der Waals surface area (Å²) >= 11 is 0. The van der Waals surface area contributed by atoms with E-state index in [1.165, 1.54) is 25.1 Å². The van der Waals surface area contributed by atoms with Crippen LogP contribution < -0.4 is 27.9 Å². The van der Waals surface area contributed by atoms with Crippen LogP contribution in [-0.4, -0.2) is 77.2 Å². The van der Waals surface area contributed by atoms with E-state index in [9.17, 15) is 44.4 Å². The third-order valence-electron chi connectivity index (χ3n) is 5.77. The molecule has 2 aromatic rings. The third kappa shape index (κ3) is 5.39. The molecule has 1 aliphatic heterocycles. The molecule has 9 N–H and O–H groups in total. The van der Waals surface area contributed by atoms with Crippen LogP contribution in [0.15, 0.2) is 44.8 Å². The summed E-state index contributed by atoms with van der Waals surface area (Å²) in [6, 6.07) is 1.61. The number of aliphatic hydroxyl groups is 3. The fraction of sp³-hybridized carbons (Fsp3) is 0.450. The highest BCUT2D eigenvalue weighted by molar-refractivity contribution is 5.87. The number of rotatable bonds is 8. The van der Waals surface area contributed by atoms with E-state index in [0.717, 1.165) is 16.8 Å². The van der Waals surface area contributed by atoms with Gasteiger partial charge in [-0.2, -0.15) is 0 Å². The molecule has 190 valence electrons. The average Bonchev–Trinajstić information content (AvgIpc) is 3.09. The van der Waals surface area contributed by atoms with E-state index in [4.69, 9.17) is 10.5 Å². The second-order valence-electron chi connectivity index (χ2n) is 8.11. The Morgan fingerprint density at radius 1 is 1.11 bits per heavy atom. The highest BCUT2D eigenvalue weighted by Gasteiger charge is 2.50. The first-order valence-electron chi connectivity index (χ1n) is 10.4. The molecule has 35 heavy (non-hydrogen) atoms. The summed E-state index contributed by atoms with van der Waals surface area (Å²) in [6.07, 6.45) is -7.30. The van der Waals surface area contributed by atoms with Crippen LogP contribution in [-0.2, 0) is 14.3 Å². The number of nitrogens with one attached hydrogen (secondary N) is 3. The molecule has 3 heterocycles. The highest BCUT2D eigenvalue weighted by atomic mass is 16.6. The zero-order valence-corrected chi connectivity index (χ0v) is 18.3. The Morgan fingerprint density at radius 3 is 2.37 bits per heavy atom. The summed E-state index contributed by atoms with van der Waals surface area (Å²) in [5.74, 6) is -3.66. The van der Waals surface area contributed by atoms with Gasteiger partial charge < -0.3 is 41.2 Å². The zero-order valence-electron chi connectivity index (χ0n) is 18.3. The van der Waals surface area contributed by atoms with E-state index in [0.29, 0.717) is 0 Å². The van der Waals surface area contributed by atoms with E-state index < -0.39 is 77.3 Å². The number of hydrogen-bond donors (Lipinski definition) is 8. The number of pyridine rings is 1. The van der Waals surface area contributed by atoms with Gasteiger partial charge in [0.25, 0.3) is 5.56 Å². The Morgan fingerprint density at radius 2 is 1.77 bits per heavy atom. The molecule has 0 spiro atoms. The van der Waals surface area contributed by atoms with E-state index in [-0.39, 0.29) is 5.69 Å². The van der Waals surface area contributed by atoms with Gasteiger partial charge in [0.1, 0.15) is 18.3 Å². The molecule has 0 radical (unpaired) electrons. The lowest BCUT2D eigenvalue weighted by molar-refractivity contribution is -0.149. The lowest BCUT2D eigenvalue weighted by atomic mass is 9.92. The van der Waals surface area contributed by atoms with Crippen molar-refractivity contribution < 1.29 is 34.8 Å². The van der Waals surface area contributed by atoms with Crippen molar-refractivity contribution in [1.29, 1.82) is 0 Å².